The SMILES string of the molecule is C=CC.CC1(C)CCCC2(C)C1CCC1(C)C3CCC4(C(=O)NCc5cccc(COCc6cccc(C(=O)O)c6)c5)CCCC4C3CCC12. The summed E-state index contributed by atoms with van der Waals surface area (Å²) in [4.78, 5) is 25.5. The molecule has 5 saturated carbocycles. The van der Waals surface area contributed by atoms with E-state index in [0.717, 1.165) is 47.3 Å². The van der Waals surface area contributed by atoms with Crippen molar-refractivity contribution in [3.8, 4) is 0 Å². The number of hydrogen-bond acceptors (Lipinski definition) is 3. The minimum atomic E-state index is -0.931. The summed E-state index contributed by atoms with van der Waals surface area (Å²) >= 11 is 0. The van der Waals surface area contributed by atoms with Gasteiger partial charge < -0.3 is 15.2 Å². The first-order chi connectivity index (χ1) is 23.9. The van der Waals surface area contributed by atoms with E-state index in [1.165, 1.54) is 64.2 Å². The minimum absolute atomic E-state index is 0.191. The zero-order valence-corrected chi connectivity index (χ0v) is 31.6. The number of carbonyl (C=O) groups is 2. The maximum atomic E-state index is 14.2. The highest BCUT2D eigenvalue weighted by molar-refractivity contribution is 5.87. The number of carbonyl (C=O) groups excluding carboxylic acids is 1. The minimum Gasteiger partial charge on any atom is -0.478 e. The molecular weight excluding hydrogens is 618 g/mol. The standard InChI is InChI=1S/C42H57NO4.C3H6/c1-39(2)18-8-19-41(4)35(39)17-21-40(3)33-16-22-42(20-7-13-34(42)32(33)14-15-36(40)41)38(46)43-25-28-9-5-10-29(23-28)26-47-27-30-11-6-12-31(24-30)37(44)45;1-3-2/h5-6,9-12,23-24,32-36H,7-8,13-22,25-27H2,1-4H3,(H,43,46)(H,44,45);3H,1H2,2H3. The molecule has 0 saturated heterocycles. The molecule has 2 aromatic carbocycles. The predicted octanol–water partition coefficient (Wildman–Crippen LogP) is 10.8. The lowest BCUT2D eigenvalue weighted by Crippen LogP contribution is -2.62. The maximum absolute atomic E-state index is 14.2. The Bertz CT molecular complexity index is 1550. The number of ether oxygens (including phenoxy) is 1. The van der Waals surface area contributed by atoms with Crippen LogP contribution in [0.25, 0.3) is 0 Å². The summed E-state index contributed by atoms with van der Waals surface area (Å²) < 4.78 is 5.93. The molecule has 5 nitrogen and oxygen atoms in total. The molecule has 0 spiro atoms. The highest BCUT2D eigenvalue weighted by Gasteiger charge is 2.66. The average molecular weight is 682 g/mol. The summed E-state index contributed by atoms with van der Waals surface area (Å²) in [6.07, 6.45) is 17.2. The number of fused-ring (bicyclic) bond motifs is 7. The smallest absolute Gasteiger partial charge is 0.335 e. The van der Waals surface area contributed by atoms with Crippen LogP contribution >= 0.6 is 0 Å². The van der Waals surface area contributed by atoms with Crippen LogP contribution in [-0.4, -0.2) is 17.0 Å². The number of allylic oxidation sites excluding steroid dienone is 1. The van der Waals surface area contributed by atoms with Gasteiger partial charge in [0.1, 0.15) is 0 Å². The van der Waals surface area contributed by atoms with Gasteiger partial charge in [-0.15, -0.1) is 6.58 Å². The topological polar surface area (TPSA) is 75.6 Å². The number of benzene rings is 2. The fourth-order valence-electron chi connectivity index (χ4n) is 13.0. The molecule has 0 radical (unpaired) electrons. The summed E-state index contributed by atoms with van der Waals surface area (Å²) in [7, 11) is 0. The quantitative estimate of drug-likeness (QED) is 0.272. The molecule has 50 heavy (non-hydrogen) atoms. The first kappa shape index (κ1) is 36.9. The maximum Gasteiger partial charge on any atom is 0.335 e. The fraction of sp³-hybridized carbons (Fsp3) is 0.644. The molecule has 1 amide bonds. The van der Waals surface area contributed by atoms with Crippen LogP contribution in [0.3, 0.4) is 0 Å². The van der Waals surface area contributed by atoms with Crippen LogP contribution in [0.5, 0.6) is 0 Å². The molecule has 0 aliphatic heterocycles. The molecule has 8 atom stereocenters. The van der Waals surface area contributed by atoms with E-state index in [4.69, 9.17) is 4.74 Å². The molecule has 5 aliphatic rings. The number of hydrogen-bond donors (Lipinski definition) is 2. The molecule has 2 aromatic rings. The zero-order valence-electron chi connectivity index (χ0n) is 31.6. The van der Waals surface area contributed by atoms with Gasteiger partial charge in [-0.1, -0.05) is 83.0 Å². The third-order valence-electron chi connectivity index (χ3n) is 14.9. The van der Waals surface area contributed by atoms with E-state index < -0.39 is 5.97 Å². The van der Waals surface area contributed by atoms with E-state index in [9.17, 15) is 14.7 Å². The van der Waals surface area contributed by atoms with E-state index >= 15 is 0 Å². The van der Waals surface area contributed by atoms with Crippen LogP contribution < -0.4 is 5.32 Å². The zero-order chi connectivity index (χ0) is 35.7. The molecule has 5 aliphatic carbocycles. The van der Waals surface area contributed by atoms with Gasteiger partial charge in [-0.05, 0) is 146 Å². The first-order valence-corrected chi connectivity index (χ1v) is 19.7. The van der Waals surface area contributed by atoms with E-state index in [-0.39, 0.29) is 11.0 Å². The lowest BCUT2D eigenvalue weighted by atomic mass is 9.36. The third kappa shape index (κ3) is 6.73. The molecule has 2 N–H and O–H groups in total. The molecule has 8 unspecified atom stereocenters. The number of nitrogens with one attached hydrogen (secondary N) is 1. The van der Waals surface area contributed by atoms with Gasteiger partial charge in [-0.3, -0.25) is 4.79 Å². The second kappa shape index (κ2) is 14.6. The Morgan fingerprint density at radius 2 is 1.50 bits per heavy atom. The molecule has 0 bridgehead atoms. The van der Waals surface area contributed by atoms with Crippen LogP contribution in [0.4, 0.5) is 0 Å². The molecule has 7 rings (SSSR count). The lowest BCUT2D eigenvalue weighted by Gasteiger charge is -2.68. The van der Waals surface area contributed by atoms with E-state index in [0.29, 0.717) is 53.7 Å². The molecule has 0 aromatic heterocycles. The van der Waals surface area contributed by atoms with Gasteiger partial charge >= 0.3 is 5.97 Å². The van der Waals surface area contributed by atoms with E-state index in [2.05, 4.69) is 51.7 Å². The van der Waals surface area contributed by atoms with Gasteiger partial charge in [0.2, 0.25) is 5.91 Å². The number of carboxylic acid groups (broad SMARTS) is 1. The van der Waals surface area contributed by atoms with Gasteiger partial charge in [0.05, 0.1) is 24.2 Å². The molecular formula is C45H63NO4. The van der Waals surface area contributed by atoms with Crippen molar-refractivity contribution in [2.45, 2.75) is 131 Å². The van der Waals surface area contributed by atoms with Gasteiger partial charge in [0.25, 0.3) is 0 Å². The average Bonchev–Trinajstić information content (AvgIpc) is 3.53. The summed E-state index contributed by atoms with van der Waals surface area (Å²) in [6, 6.07) is 15.2. The summed E-state index contributed by atoms with van der Waals surface area (Å²) in [5, 5.41) is 12.7. The molecule has 5 fully saturated rings. The Morgan fingerprint density at radius 3 is 2.24 bits per heavy atom. The van der Waals surface area contributed by atoms with Gasteiger partial charge in [-0.2, -0.15) is 0 Å². The van der Waals surface area contributed by atoms with Crippen molar-refractivity contribution < 1.29 is 19.4 Å². The van der Waals surface area contributed by atoms with Crippen molar-refractivity contribution in [1.29, 1.82) is 0 Å². The highest BCUT2D eigenvalue weighted by Crippen LogP contribution is 2.73. The highest BCUT2D eigenvalue weighted by atomic mass is 16.5. The Morgan fingerprint density at radius 1 is 0.800 bits per heavy atom. The first-order valence-electron chi connectivity index (χ1n) is 19.7. The number of carboxylic acids is 1. The van der Waals surface area contributed by atoms with Crippen molar-refractivity contribution in [2.75, 3.05) is 0 Å². The Kier molecular flexibility index (Phi) is 10.8. The number of rotatable bonds is 8. The monoisotopic (exact) mass is 681 g/mol. The molecule has 272 valence electrons. The van der Waals surface area contributed by atoms with Gasteiger partial charge in [0.15, 0.2) is 0 Å². The van der Waals surface area contributed by atoms with Crippen LogP contribution in [0.1, 0.15) is 139 Å². The lowest BCUT2D eigenvalue weighted by molar-refractivity contribution is -0.196. The largest absolute Gasteiger partial charge is 0.478 e. The van der Waals surface area contributed by atoms with Gasteiger partial charge in [0, 0.05) is 6.54 Å². The predicted molar refractivity (Wildman–Crippen MR) is 201 cm³/mol. The summed E-state index contributed by atoms with van der Waals surface area (Å²) in [5.41, 5.74) is 4.45. The molecule has 0 heterocycles. The van der Waals surface area contributed by atoms with Crippen molar-refractivity contribution in [3.63, 3.8) is 0 Å². The number of amides is 1. The Balaban J connectivity index is 0.00000139. The second-order valence-corrected chi connectivity index (χ2v) is 17.9. The summed E-state index contributed by atoms with van der Waals surface area (Å²) in [5.74, 6) is 3.08. The summed E-state index contributed by atoms with van der Waals surface area (Å²) in [6.45, 7) is 17.1. The second-order valence-electron chi connectivity index (χ2n) is 17.9. The van der Waals surface area contributed by atoms with Crippen molar-refractivity contribution in [1.82, 2.24) is 5.32 Å². The van der Waals surface area contributed by atoms with Crippen molar-refractivity contribution >= 4 is 11.9 Å². The third-order valence-corrected chi connectivity index (χ3v) is 14.9. The Hall–Kier alpha value is -2.92. The van der Waals surface area contributed by atoms with E-state index in [1.807, 2.05) is 25.1 Å². The van der Waals surface area contributed by atoms with Crippen LogP contribution in [0.2, 0.25) is 0 Å². The number of aromatic carboxylic acids is 1. The fourth-order valence-corrected chi connectivity index (χ4v) is 13.0. The van der Waals surface area contributed by atoms with Gasteiger partial charge in [-0.25, -0.2) is 4.79 Å². The normalized spacial score (nSPS) is 35.2. The van der Waals surface area contributed by atoms with Crippen LogP contribution in [0, 0.1) is 51.2 Å². The van der Waals surface area contributed by atoms with Crippen molar-refractivity contribution in [2.24, 2.45) is 51.2 Å². The molecule has 5 heteroatoms. The van der Waals surface area contributed by atoms with Crippen LogP contribution in [0.15, 0.2) is 61.2 Å². The van der Waals surface area contributed by atoms with Crippen molar-refractivity contribution in [3.05, 3.63) is 83.4 Å². The Labute approximate surface area is 302 Å². The van der Waals surface area contributed by atoms with E-state index in [1.54, 1.807) is 24.3 Å². The van der Waals surface area contributed by atoms with Crippen LogP contribution in [-0.2, 0) is 29.3 Å².